The maximum Gasteiger partial charge on any atom is 0.354 e. The molecular formula is C30H30N2O3. The maximum atomic E-state index is 13.2. The fourth-order valence-corrected chi connectivity index (χ4v) is 5.33. The number of aromatic nitrogens is 2. The Hall–Kier alpha value is -3.86. The van der Waals surface area contributed by atoms with E-state index in [4.69, 9.17) is 4.74 Å². The minimum Gasteiger partial charge on any atom is -0.461 e. The van der Waals surface area contributed by atoms with Crippen LogP contribution in [0, 0.1) is 20.8 Å². The number of hydrogen-bond donors (Lipinski definition) is 1. The molecule has 4 aromatic rings. The van der Waals surface area contributed by atoms with Gasteiger partial charge in [0.25, 0.3) is 5.56 Å². The van der Waals surface area contributed by atoms with Crippen LogP contribution >= 0.6 is 0 Å². The number of aryl methyl sites for hydroxylation is 5. The molecule has 0 saturated heterocycles. The number of aromatic amines is 1. The molecule has 2 heterocycles. The summed E-state index contributed by atoms with van der Waals surface area (Å²) in [5.41, 5.74) is 10.6. The number of carbonyl (C=O) groups excluding carboxylic acids is 1. The van der Waals surface area contributed by atoms with E-state index in [1.165, 1.54) is 22.3 Å². The number of carbonyl (C=O) groups is 1. The normalized spacial score (nSPS) is 12.2. The maximum absolute atomic E-state index is 13.2. The Balaban J connectivity index is 1.70. The quantitative estimate of drug-likeness (QED) is 0.381. The number of benzene rings is 2. The number of esters is 1. The van der Waals surface area contributed by atoms with Crippen LogP contribution in [0.2, 0.25) is 0 Å². The topological polar surface area (TPSA) is 64.1 Å². The predicted octanol–water partition coefficient (Wildman–Crippen LogP) is 5.76. The number of nitrogens with one attached hydrogen (secondary N) is 1. The van der Waals surface area contributed by atoms with Crippen LogP contribution in [0.5, 0.6) is 0 Å². The van der Waals surface area contributed by atoms with Gasteiger partial charge in [0.05, 0.1) is 18.0 Å². The van der Waals surface area contributed by atoms with Crippen LogP contribution in [-0.2, 0) is 24.1 Å². The van der Waals surface area contributed by atoms with Gasteiger partial charge in [-0.15, -0.1) is 0 Å². The van der Waals surface area contributed by atoms with E-state index >= 15 is 0 Å². The van der Waals surface area contributed by atoms with E-state index in [1.807, 2.05) is 54.0 Å². The first kappa shape index (κ1) is 22.9. The molecule has 5 rings (SSSR count). The van der Waals surface area contributed by atoms with Crippen LogP contribution in [0.4, 0.5) is 0 Å². The van der Waals surface area contributed by atoms with E-state index in [-0.39, 0.29) is 11.5 Å². The van der Waals surface area contributed by atoms with Crippen molar-refractivity contribution < 1.29 is 9.53 Å². The van der Waals surface area contributed by atoms with E-state index in [0.717, 1.165) is 40.9 Å². The number of ether oxygens (including phenoxy) is 1. The first-order valence-electron chi connectivity index (χ1n) is 12.2. The molecule has 0 saturated carbocycles. The minimum absolute atomic E-state index is 0.129. The predicted molar refractivity (Wildman–Crippen MR) is 139 cm³/mol. The highest BCUT2D eigenvalue weighted by Crippen LogP contribution is 2.36. The first-order valence-corrected chi connectivity index (χ1v) is 12.2. The molecule has 5 nitrogen and oxygen atoms in total. The number of hydrogen-bond acceptors (Lipinski definition) is 3. The van der Waals surface area contributed by atoms with Crippen molar-refractivity contribution in [3.63, 3.8) is 0 Å². The summed E-state index contributed by atoms with van der Waals surface area (Å²) in [6.07, 6.45) is 1.60. The monoisotopic (exact) mass is 466 g/mol. The molecule has 0 unspecified atom stereocenters. The Morgan fingerprint density at radius 1 is 0.971 bits per heavy atom. The SMILES string of the molecule is CCOC(=O)c1cc2c(n1Cc1c(C)cc(C)cc1C)-c1[nH]c(=O)c(-c3ccccc3)cc1CC2. The molecule has 35 heavy (non-hydrogen) atoms. The van der Waals surface area contributed by atoms with Gasteiger partial charge in [-0.2, -0.15) is 0 Å². The molecule has 0 spiro atoms. The summed E-state index contributed by atoms with van der Waals surface area (Å²) in [7, 11) is 0. The van der Waals surface area contributed by atoms with Gasteiger partial charge in [0.1, 0.15) is 5.69 Å². The van der Waals surface area contributed by atoms with E-state index in [2.05, 4.69) is 37.9 Å². The number of H-pyrrole nitrogens is 1. The second kappa shape index (κ2) is 9.06. The molecule has 0 radical (unpaired) electrons. The first-order chi connectivity index (χ1) is 16.9. The van der Waals surface area contributed by atoms with Gasteiger partial charge in [-0.25, -0.2) is 4.79 Å². The van der Waals surface area contributed by atoms with E-state index < -0.39 is 0 Å². The van der Waals surface area contributed by atoms with Crippen molar-refractivity contribution in [3.05, 3.63) is 104 Å². The lowest BCUT2D eigenvalue weighted by Gasteiger charge is -2.22. The van der Waals surface area contributed by atoms with E-state index in [1.54, 1.807) is 0 Å². The third-order valence-electron chi connectivity index (χ3n) is 6.93. The summed E-state index contributed by atoms with van der Waals surface area (Å²) in [6, 6.07) is 18.0. The van der Waals surface area contributed by atoms with Gasteiger partial charge in [0.15, 0.2) is 0 Å². The zero-order valence-corrected chi connectivity index (χ0v) is 20.7. The molecule has 0 atom stereocenters. The number of nitrogens with zero attached hydrogens (tertiary/aromatic N) is 1. The lowest BCUT2D eigenvalue weighted by atomic mass is 9.91. The molecule has 5 heteroatoms. The van der Waals surface area contributed by atoms with Crippen LogP contribution in [0.25, 0.3) is 22.5 Å². The number of rotatable bonds is 5. The van der Waals surface area contributed by atoms with E-state index in [0.29, 0.717) is 24.4 Å². The summed E-state index contributed by atoms with van der Waals surface area (Å²) < 4.78 is 7.46. The second-order valence-corrected chi connectivity index (χ2v) is 9.37. The fourth-order valence-electron chi connectivity index (χ4n) is 5.33. The molecule has 1 aliphatic rings. The molecule has 2 aromatic heterocycles. The summed E-state index contributed by atoms with van der Waals surface area (Å²) >= 11 is 0. The third-order valence-corrected chi connectivity index (χ3v) is 6.93. The van der Waals surface area contributed by atoms with Crippen LogP contribution in [0.3, 0.4) is 0 Å². The molecule has 2 aromatic carbocycles. The standard InChI is InChI=1S/C30H30N2O3/c1-5-35-30(34)26-16-23-12-11-22-15-24(21-9-7-6-8-10-21)29(33)31-27(22)28(23)32(26)17-25-19(3)13-18(2)14-20(25)4/h6-10,13-16H,5,11-12,17H2,1-4H3,(H,31,33). The Kier molecular flexibility index (Phi) is 5.93. The summed E-state index contributed by atoms with van der Waals surface area (Å²) in [6.45, 7) is 8.97. The minimum atomic E-state index is -0.339. The fraction of sp³-hybridized carbons (Fsp3) is 0.267. The summed E-state index contributed by atoms with van der Waals surface area (Å²) in [5, 5.41) is 0. The molecule has 1 aliphatic carbocycles. The highest BCUT2D eigenvalue weighted by molar-refractivity contribution is 5.90. The van der Waals surface area contributed by atoms with Crippen molar-refractivity contribution in [1.82, 2.24) is 9.55 Å². The van der Waals surface area contributed by atoms with Gasteiger partial charge < -0.3 is 14.3 Å². The van der Waals surface area contributed by atoms with Crippen molar-refractivity contribution in [2.75, 3.05) is 6.61 Å². The third kappa shape index (κ3) is 4.12. The molecule has 0 fully saturated rings. The van der Waals surface area contributed by atoms with Crippen molar-refractivity contribution in [2.24, 2.45) is 0 Å². The molecule has 0 aliphatic heterocycles. The lowest BCUT2D eigenvalue weighted by molar-refractivity contribution is 0.0514. The van der Waals surface area contributed by atoms with Gasteiger partial charge >= 0.3 is 5.97 Å². The average Bonchev–Trinajstić information content (AvgIpc) is 3.20. The molecule has 0 amide bonds. The largest absolute Gasteiger partial charge is 0.461 e. The van der Waals surface area contributed by atoms with Crippen LogP contribution < -0.4 is 5.56 Å². The van der Waals surface area contributed by atoms with E-state index in [9.17, 15) is 9.59 Å². The average molecular weight is 467 g/mol. The number of pyridine rings is 1. The highest BCUT2D eigenvalue weighted by atomic mass is 16.5. The van der Waals surface area contributed by atoms with Crippen LogP contribution in [0.1, 0.15) is 50.8 Å². The zero-order valence-electron chi connectivity index (χ0n) is 20.7. The Labute approximate surface area is 205 Å². The van der Waals surface area contributed by atoms with Gasteiger partial charge in [0.2, 0.25) is 0 Å². The summed E-state index contributed by atoms with van der Waals surface area (Å²) in [4.78, 5) is 29.4. The summed E-state index contributed by atoms with van der Waals surface area (Å²) in [5.74, 6) is -0.339. The van der Waals surface area contributed by atoms with Gasteiger partial charge in [-0.3, -0.25) is 4.79 Å². The second-order valence-electron chi connectivity index (χ2n) is 9.37. The Bertz CT molecular complexity index is 1470. The van der Waals surface area contributed by atoms with Crippen molar-refractivity contribution in [2.45, 2.75) is 47.1 Å². The zero-order chi connectivity index (χ0) is 24.7. The van der Waals surface area contributed by atoms with Crippen molar-refractivity contribution >= 4 is 5.97 Å². The highest BCUT2D eigenvalue weighted by Gasteiger charge is 2.28. The van der Waals surface area contributed by atoms with Gasteiger partial charge in [-0.05, 0) is 86.1 Å². The van der Waals surface area contributed by atoms with Crippen LogP contribution in [-0.4, -0.2) is 22.1 Å². The smallest absolute Gasteiger partial charge is 0.354 e. The Morgan fingerprint density at radius 2 is 1.66 bits per heavy atom. The molecule has 1 N–H and O–H groups in total. The van der Waals surface area contributed by atoms with Gasteiger partial charge in [0, 0.05) is 12.1 Å². The van der Waals surface area contributed by atoms with Gasteiger partial charge in [-0.1, -0.05) is 48.0 Å². The number of fused-ring (bicyclic) bond motifs is 3. The van der Waals surface area contributed by atoms with Crippen molar-refractivity contribution in [1.29, 1.82) is 0 Å². The lowest BCUT2D eigenvalue weighted by Crippen LogP contribution is -2.19. The van der Waals surface area contributed by atoms with Crippen molar-refractivity contribution in [3.8, 4) is 22.5 Å². The molecule has 0 bridgehead atoms. The molecular weight excluding hydrogens is 436 g/mol. The van der Waals surface area contributed by atoms with Crippen LogP contribution in [0.15, 0.2) is 59.4 Å². The molecule has 178 valence electrons. The Morgan fingerprint density at radius 3 is 2.34 bits per heavy atom.